The normalized spacial score (nSPS) is 13.7. The number of nitrogens with one attached hydrogen (secondary N) is 1. The summed E-state index contributed by atoms with van der Waals surface area (Å²) in [6, 6.07) is 13.0. The highest BCUT2D eigenvalue weighted by Crippen LogP contribution is 2.29. The molecule has 1 aliphatic heterocycles. The van der Waals surface area contributed by atoms with E-state index in [2.05, 4.69) is 26.2 Å². The van der Waals surface area contributed by atoms with Gasteiger partial charge >= 0.3 is 0 Å². The predicted octanol–water partition coefficient (Wildman–Crippen LogP) is 2.47. The monoisotopic (exact) mass is 511 g/mol. The molecule has 5 aromatic rings. The van der Waals surface area contributed by atoms with E-state index in [0.29, 0.717) is 48.5 Å². The minimum absolute atomic E-state index is 0.110. The number of nitriles is 1. The first-order valence-corrected chi connectivity index (χ1v) is 12.5. The van der Waals surface area contributed by atoms with E-state index in [1.807, 2.05) is 23.6 Å². The zero-order valence-electron chi connectivity index (χ0n) is 19.8. The van der Waals surface area contributed by atoms with Crippen LogP contribution in [0.2, 0.25) is 0 Å². The summed E-state index contributed by atoms with van der Waals surface area (Å²) >= 11 is 1.55. The Morgan fingerprint density at radius 2 is 2.00 bits per heavy atom. The molecule has 1 aliphatic rings. The average molecular weight is 512 g/mol. The lowest BCUT2D eigenvalue weighted by Crippen LogP contribution is -2.48. The fourth-order valence-electron chi connectivity index (χ4n) is 4.42. The van der Waals surface area contributed by atoms with Gasteiger partial charge in [-0.3, -0.25) is 14.6 Å². The molecule has 0 aliphatic carbocycles. The highest BCUT2D eigenvalue weighted by atomic mass is 32.1. The lowest BCUT2D eigenvalue weighted by molar-refractivity contribution is 0.0746. The summed E-state index contributed by atoms with van der Waals surface area (Å²) in [5.41, 5.74) is 3.58. The van der Waals surface area contributed by atoms with Gasteiger partial charge in [0.1, 0.15) is 5.52 Å². The van der Waals surface area contributed by atoms with Gasteiger partial charge in [-0.1, -0.05) is 12.1 Å². The smallest absolute Gasteiger partial charge is 0.276 e. The largest absolute Gasteiger partial charge is 0.345 e. The van der Waals surface area contributed by atoms with Crippen molar-refractivity contribution in [3.63, 3.8) is 0 Å². The standard InChI is InChI=1S/C25H21N9O2S/c1-16-19(14-27-34(16)24-29-22(35)21-6-3-7-33(21)30-24)23(36)31-8-10-32(11-9-31)25-28-20(15-37-25)18-5-2-4-17(12-18)13-26/h2-7,12,14-15H,8-11H2,1H3,(H,29,30,35). The number of hydrogen-bond acceptors (Lipinski definition) is 8. The highest BCUT2D eigenvalue weighted by Gasteiger charge is 2.27. The summed E-state index contributed by atoms with van der Waals surface area (Å²) in [6.07, 6.45) is 3.21. The van der Waals surface area contributed by atoms with Crippen molar-refractivity contribution in [1.82, 2.24) is 34.3 Å². The molecule has 0 atom stereocenters. The number of amides is 1. The zero-order valence-corrected chi connectivity index (χ0v) is 20.6. The van der Waals surface area contributed by atoms with Gasteiger partial charge in [0, 0.05) is 43.3 Å². The Hall–Kier alpha value is -4.76. The molecule has 0 radical (unpaired) electrons. The number of aromatic nitrogens is 6. The van der Waals surface area contributed by atoms with Crippen LogP contribution in [0.1, 0.15) is 21.6 Å². The molecule has 0 unspecified atom stereocenters. The van der Waals surface area contributed by atoms with Crippen molar-refractivity contribution in [3.8, 4) is 23.3 Å². The maximum atomic E-state index is 13.3. The molecule has 37 heavy (non-hydrogen) atoms. The molecule has 0 bridgehead atoms. The molecular weight excluding hydrogens is 490 g/mol. The van der Waals surface area contributed by atoms with Crippen molar-refractivity contribution in [2.45, 2.75) is 6.92 Å². The van der Waals surface area contributed by atoms with Crippen LogP contribution in [-0.4, -0.2) is 66.3 Å². The van der Waals surface area contributed by atoms with E-state index in [-0.39, 0.29) is 17.4 Å². The van der Waals surface area contributed by atoms with E-state index >= 15 is 0 Å². The van der Waals surface area contributed by atoms with Gasteiger partial charge in [0.05, 0.1) is 34.8 Å². The van der Waals surface area contributed by atoms with Gasteiger partial charge in [0.25, 0.3) is 11.5 Å². The maximum Gasteiger partial charge on any atom is 0.276 e. The van der Waals surface area contributed by atoms with Crippen LogP contribution >= 0.6 is 11.3 Å². The number of rotatable bonds is 4. The number of fused-ring (bicyclic) bond motifs is 1. The average Bonchev–Trinajstić information content (AvgIpc) is 3.68. The lowest BCUT2D eigenvalue weighted by atomic mass is 10.1. The summed E-state index contributed by atoms with van der Waals surface area (Å²) in [5.74, 6) is 0.135. The number of benzene rings is 1. The summed E-state index contributed by atoms with van der Waals surface area (Å²) in [6.45, 7) is 4.20. The Morgan fingerprint density at radius 1 is 1.16 bits per heavy atom. The topological polar surface area (TPSA) is 128 Å². The summed E-state index contributed by atoms with van der Waals surface area (Å²) < 4.78 is 2.96. The van der Waals surface area contributed by atoms with Gasteiger partial charge < -0.3 is 9.80 Å². The number of piperazine rings is 1. The minimum Gasteiger partial charge on any atom is -0.345 e. The van der Waals surface area contributed by atoms with E-state index in [9.17, 15) is 9.59 Å². The third-order valence-corrected chi connectivity index (χ3v) is 7.35. The fourth-order valence-corrected chi connectivity index (χ4v) is 5.31. The van der Waals surface area contributed by atoms with Crippen LogP contribution in [0, 0.1) is 18.3 Å². The fraction of sp³-hybridized carbons (Fsp3) is 0.200. The number of carbonyl (C=O) groups excluding carboxylic acids is 1. The first kappa shape index (κ1) is 22.7. The number of hydrogen-bond donors (Lipinski definition) is 1. The second-order valence-electron chi connectivity index (χ2n) is 8.66. The number of carbonyl (C=O) groups is 1. The lowest BCUT2D eigenvalue weighted by Gasteiger charge is -2.34. The molecule has 1 aromatic carbocycles. The molecule has 1 saturated heterocycles. The van der Waals surface area contributed by atoms with Crippen LogP contribution < -0.4 is 10.5 Å². The third-order valence-electron chi connectivity index (χ3n) is 6.45. The SMILES string of the molecule is Cc1c(C(=O)N2CCN(c3nc(-c4cccc(C#N)c4)cs3)CC2)cnn1-c1nn2cccc2c(=O)[nH]1. The maximum absolute atomic E-state index is 13.3. The van der Waals surface area contributed by atoms with Crippen molar-refractivity contribution in [1.29, 1.82) is 5.26 Å². The first-order valence-electron chi connectivity index (χ1n) is 11.6. The van der Waals surface area contributed by atoms with Crippen molar-refractivity contribution in [2.24, 2.45) is 0 Å². The Bertz CT molecular complexity index is 1730. The molecule has 1 fully saturated rings. The van der Waals surface area contributed by atoms with E-state index in [0.717, 1.165) is 16.4 Å². The van der Waals surface area contributed by atoms with Gasteiger partial charge in [-0.25, -0.2) is 14.2 Å². The quantitative estimate of drug-likeness (QED) is 0.393. The van der Waals surface area contributed by atoms with Crippen LogP contribution in [0.25, 0.3) is 22.7 Å². The molecule has 12 heteroatoms. The van der Waals surface area contributed by atoms with E-state index in [1.54, 1.807) is 47.6 Å². The number of H-pyrrole nitrogens is 1. The molecule has 184 valence electrons. The third kappa shape index (κ3) is 4.05. The molecule has 1 amide bonds. The summed E-state index contributed by atoms with van der Waals surface area (Å²) in [5, 5.41) is 20.8. The molecule has 6 rings (SSSR count). The van der Waals surface area contributed by atoms with Crippen molar-refractivity contribution >= 4 is 27.9 Å². The van der Waals surface area contributed by atoms with E-state index < -0.39 is 0 Å². The number of anilines is 1. The number of nitrogens with zero attached hydrogens (tertiary/aromatic N) is 8. The Labute approximate surface area is 214 Å². The Morgan fingerprint density at radius 3 is 2.81 bits per heavy atom. The highest BCUT2D eigenvalue weighted by molar-refractivity contribution is 7.14. The van der Waals surface area contributed by atoms with Gasteiger partial charge in [0.15, 0.2) is 5.13 Å². The van der Waals surface area contributed by atoms with Crippen LogP contribution in [0.15, 0.2) is 59.0 Å². The van der Waals surface area contributed by atoms with Gasteiger partial charge in [-0.05, 0) is 31.2 Å². The van der Waals surface area contributed by atoms with Gasteiger partial charge in [-0.2, -0.15) is 10.4 Å². The molecular formula is C25H21N9O2S. The molecule has 1 N–H and O–H groups in total. The predicted molar refractivity (Wildman–Crippen MR) is 138 cm³/mol. The van der Waals surface area contributed by atoms with E-state index in [1.165, 1.54) is 15.4 Å². The second-order valence-corrected chi connectivity index (χ2v) is 9.49. The van der Waals surface area contributed by atoms with Crippen LogP contribution in [0.5, 0.6) is 0 Å². The van der Waals surface area contributed by atoms with E-state index in [4.69, 9.17) is 10.2 Å². The zero-order chi connectivity index (χ0) is 25.5. The van der Waals surface area contributed by atoms with Crippen LogP contribution in [-0.2, 0) is 0 Å². The number of thiazole rings is 1. The summed E-state index contributed by atoms with van der Waals surface area (Å²) in [7, 11) is 0. The van der Waals surface area contributed by atoms with Crippen LogP contribution in [0.3, 0.4) is 0 Å². The minimum atomic E-state index is -0.281. The Kier molecular flexibility index (Phi) is 5.54. The van der Waals surface area contributed by atoms with Crippen molar-refractivity contribution in [2.75, 3.05) is 31.1 Å². The second kappa shape index (κ2) is 9.03. The molecule has 11 nitrogen and oxygen atoms in total. The van der Waals surface area contributed by atoms with Crippen molar-refractivity contribution < 1.29 is 4.79 Å². The van der Waals surface area contributed by atoms with Gasteiger partial charge in [-0.15, -0.1) is 16.4 Å². The first-order chi connectivity index (χ1) is 18.0. The molecule has 5 heterocycles. The molecule has 0 spiro atoms. The van der Waals surface area contributed by atoms with Gasteiger partial charge in [0.2, 0.25) is 5.95 Å². The summed E-state index contributed by atoms with van der Waals surface area (Å²) in [4.78, 5) is 37.1. The molecule has 0 saturated carbocycles. The Balaban J connectivity index is 1.15. The van der Waals surface area contributed by atoms with Crippen LogP contribution in [0.4, 0.5) is 5.13 Å². The number of aromatic amines is 1. The molecule has 4 aromatic heterocycles. The van der Waals surface area contributed by atoms with Crippen molar-refractivity contribution in [3.05, 3.63) is 81.3 Å².